The first-order chi connectivity index (χ1) is 17.9. The van der Waals surface area contributed by atoms with Gasteiger partial charge >= 0.3 is 0 Å². The molecule has 0 bridgehead atoms. The molecule has 0 saturated carbocycles. The van der Waals surface area contributed by atoms with E-state index >= 15 is 0 Å². The minimum atomic E-state index is -3.81. The number of carbonyl (C=O) groups is 2. The molecule has 38 heavy (non-hydrogen) atoms. The fourth-order valence-electron chi connectivity index (χ4n) is 3.70. The number of benzene rings is 2. The predicted octanol–water partition coefficient (Wildman–Crippen LogP) is 3.85. The first-order valence-corrected chi connectivity index (χ1v) is 15.2. The molecule has 11 heteroatoms. The van der Waals surface area contributed by atoms with Gasteiger partial charge in [0.15, 0.2) is 0 Å². The van der Waals surface area contributed by atoms with E-state index in [2.05, 4.69) is 26.5 Å². The highest BCUT2D eigenvalue weighted by atomic mass is 32.2. The van der Waals surface area contributed by atoms with Crippen molar-refractivity contribution >= 4 is 48.1 Å². The Morgan fingerprint density at radius 1 is 1.18 bits per heavy atom. The number of rotatable bonds is 14. The third-order valence-corrected chi connectivity index (χ3v) is 9.45. The molecule has 0 aromatic heterocycles. The summed E-state index contributed by atoms with van der Waals surface area (Å²) in [7, 11) is -0.140. The van der Waals surface area contributed by atoms with Gasteiger partial charge in [-0.1, -0.05) is 57.3 Å². The lowest BCUT2D eigenvalue weighted by Gasteiger charge is -2.22. The van der Waals surface area contributed by atoms with Crippen molar-refractivity contribution in [3.63, 3.8) is 0 Å². The molecule has 2 N–H and O–H groups in total. The summed E-state index contributed by atoms with van der Waals surface area (Å²) in [6, 6.07) is 10.5. The maximum atomic E-state index is 13.4. The zero-order valence-corrected chi connectivity index (χ0v) is 25.1. The van der Waals surface area contributed by atoms with Crippen LogP contribution in [0.25, 0.3) is 0 Å². The van der Waals surface area contributed by atoms with Crippen molar-refractivity contribution in [2.75, 3.05) is 20.1 Å². The number of hydrogen-bond donors (Lipinski definition) is 2. The highest BCUT2D eigenvalue weighted by molar-refractivity contribution is 8.04. The summed E-state index contributed by atoms with van der Waals surface area (Å²) >= 11 is 1.28. The van der Waals surface area contributed by atoms with E-state index in [9.17, 15) is 22.4 Å². The minimum absolute atomic E-state index is 0.00908. The van der Waals surface area contributed by atoms with Gasteiger partial charge < -0.3 is 10.6 Å². The molecule has 208 valence electrons. The maximum absolute atomic E-state index is 13.4. The number of thioether (sulfide) groups is 1. The lowest BCUT2D eigenvalue weighted by Crippen LogP contribution is -2.48. The molecule has 0 saturated heterocycles. The summed E-state index contributed by atoms with van der Waals surface area (Å²) in [6.07, 6.45) is 1.62. The molecule has 2 rings (SSSR count). The minimum Gasteiger partial charge on any atom is -0.354 e. The number of nitrogens with zero attached hydrogens (tertiary/aromatic N) is 1. The second-order valence-corrected chi connectivity index (χ2v) is 13.1. The molecule has 2 aromatic rings. The van der Waals surface area contributed by atoms with E-state index in [1.54, 1.807) is 0 Å². The summed E-state index contributed by atoms with van der Waals surface area (Å²) in [4.78, 5) is 27.0. The van der Waals surface area contributed by atoms with Crippen LogP contribution in [0.2, 0.25) is 0 Å². The molecule has 0 heterocycles. The van der Waals surface area contributed by atoms with Crippen LogP contribution >= 0.6 is 21.0 Å². The third-order valence-electron chi connectivity index (χ3n) is 5.78. The Morgan fingerprint density at radius 2 is 1.87 bits per heavy atom. The van der Waals surface area contributed by atoms with Crippen LogP contribution in [0.3, 0.4) is 0 Å². The second kappa shape index (κ2) is 14.8. The fraction of sp³-hybridized carbons (Fsp3) is 0.407. The van der Waals surface area contributed by atoms with Gasteiger partial charge in [0.1, 0.15) is 11.9 Å². The Morgan fingerprint density at radius 3 is 2.50 bits per heavy atom. The van der Waals surface area contributed by atoms with Crippen LogP contribution in [0.1, 0.15) is 39.2 Å². The molecule has 0 aliphatic carbocycles. The highest BCUT2D eigenvalue weighted by Gasteiger charge is 2.25. The molecule has 2 amide bonds. The van der Waals surface area contributed by atoms with E-state index in [-0.39, 0.29) is 35.1 Å². The monoisotopic (exact) mass is 581 g/mol. The van der Waals surface area contributed by atoms with E-state index in [0.29, 0.717) is 17.7 Å². The van der Waals surface area contributed by atoms with Crippen LogP contribution in [0, 0.1) is 11.7 Å². The topological polar surface area (TPSA) is 95.6 Å². The molecular weight excluding hydrogens is 544 g/mol. The fourth-order valence-corrected chi connectivity index (χ4v) is 6.61. The first kappa shape index (κ1) is 32.0. The smallest absolute Gasteiger partial charge is 0.258 e. The van der Waals surface area contributed by atoms with Gasteiger partial charge in [-0.2, -0.15) is 0 Å². The Hall–Kier alpha value is -2.26. The van der Waals surface area contributed by atoms with Gasteiger partial charge in [0, 0.05) is 25.0 Å². The molecule has 0 radical (unpaired) electrons. The highest BCUT2D eigenvalue weighted by Crippen LogP contribution is 2.29. The van der Waals surface area contributed by atoms with Crippen molar-refractivity contribution < 1.29 is 22.4 Å². The summed E-state index contributed by atoms with van der Waals surface area (Å²) in [5, 5.41) is 5.85. The van der Waals surface area contributed by atoms with Crippen LogP contribution in [0.4, 0.5) is 4.39 Å². The summed E-state index contributed by atoms with van der Waals surface area (Å²) in [5.41, 5.74) is 1.11. The zero-order valence-electron chi connectivity index (χ0n) is 22.3. The Labute approximate surface area is 232 Å². The zero-order chi connectivity index (χ0) is 28.5. The van der Waals surface area contributed by atoms with Crippen LogP contribution in [-0.4, -0.2) is 50.7 Å². The molecule has 0 fully saturated rings. The van der Waals surface area contributed by atoms with Crippen LogP contribution in [-0.2, 0) is 26.0 Å². The van der Waals surface area contributed by atoms with Crippen molar-refractivity contribution in [2.24, 2.45) is 5.92 Å². The number of nitrogens with one attached hydrogen (secondary N) is 2. The van der Waals surface area contributed by atoms with Gasteiger partial charge in [0.05, 0.1) is 9.80 Å². The Kier molecular flexibility index (Phi) is 12.4. The molecule has 2 atom stereocenters. The number of aryl methyl sites for hydroxylation is 1. The Balaban J connectivity index is 1.93. The molecular formula is C27H37FN3O4PS2. The molecule has 2 aromatic carbocycles. The quantitative estimate of drug-likeness (QED) is 0.153. The van der Waals surface area contributed by atoms with Gasteiger partial charge in [0.2, 0.25) is 15.9 Å². The first-order valence-electron chi connectivity index (χ1n) is 12.4. The normalized spacial score (nSPS) is 12.4. The van der Waals surface area contributed by atoms with Crippen molar-refractivity contribution in [1.82, 2.24) is 14.9 Å². The van der Waals surface area contributed by atoms with Gasteiger partial charge in [-0.3, -0.25) is 9.59 Å². The number of amides is 2. The lowest BCUT2D eigenvalue weighted by molar-refractivity contribution is -0.127. The molecule has 7 nitrogen and oxygen atoms in total. The van der Waals surface area contributed by atoms with E-state index in [1.807, 2.05) is 45.0 Å². The number of halogens is 1. The molecule has 2 unspecified atom stereocenters. The van der Waals surface area contributed by atoms with Gasteiger partial charge in [-0.15, -0.1) is 9.24 Å². The number of hydrogen-bond acceptors (Lipinski definition) is 5. The van der Waals surface area contributed by atoms with Crippen molar-refractivity contribution in [3.05, 3.63) is 65.3 Å². The van der Waals surface area contributed by atoms with Crippen LogP contribution in [0.5, 0.6) is 0 Å². The van der Waals surface area contributed by atoms with Crippen LogP contribution < -0.4 is 15.9 Å². The molecule has 0 aliphatic rings. The molecule has 0 aliphatic heterocycles. The van der Waals surface area contributed by atoms with E-state index < -0.39 is 27.8 Å². The lowest BCUT2D eigenvalue weighted by atomic mass is 10.0. The van der Waals surface area contributed by atoms with Gasteiger partial charge in [0.25, 0.3) is 5.91 Å². The van der Waals surface area contributed by atoms with Crippen molar-refractivity contribution in [2.45, 2.75) is 55.9 Å². The summed E-state index contributed by atoms with van der Waals surface area (Å²) in [5.74, 6) is -1.11. The largest absolute Gasteiger partial charge is 0.354 e. The summed E-state index contributed by atoms with van der Waals surface area (Å²) < 4.78 is 40.2. The average Bonchev–Trinajstić information content (AvgIpc) is 2.85. The van der Waals surface area contributed by atoms with Crippen molar-refractivity contribution in [3.8, 4) is 0 Å². The summed E-state index contributed by atoms with van der Waals surface area (Å²) in [6.45, 7) is 10.2. The average molecular weight is 582 g/mol. The predicted molar refractivity (Wildman–Crippen MR) is 155 cm³/mol. The SMILES string of the molecule is C=C(Sc1ccccc1CC)C(=O)NC(CC(C)C)C(=O)NCCCN(C)S(=O)(=O)c1ccc(F)cc1P. The van der Waals surface area contributed by atoms with Gasteiger partial charge in [-0.05, 0) is 60.3 Å². The van der Waals surface area contributed by atoms with E-state index in [1.165, 1.54) is 29.2 Å². The van der Waals surface area contributed by atoms with Crippen LogP contribution in [0.15, 0.2) is 63.7 Å². The number of carbonyl (C=O) groups excluding carboxylic acids is 2. The van der Waals surface area contributed by atoms with Crippen molar-refractivity contribution in [1.29, 1.82) is 0 Å². The Bertz CT molecular complexity index is 1250. The molecule has 0 spiro atoms. The third kappa shape index (κ3) is 9.19. The van der Waals surface area contributed by atoms with E-state index in [0.717, 1.165) is 29.0 Å². The second-order valence-electron chi connectivity index (χ2n) is 9.30. The maximum Gasteiger partial charge on any atom is 0.258 e. The van der Waals surface area contributed by atoms with E-state index in [4.69, 9.17) is 0 Å². The van der Waals surface area contributed by atoms with Gasteiger partial charge in [-0.25, -0.2) is 17.1 Å². The standard InChI is InChI=1S/C27H37FN3O4PS2/c1-6-20-10-7-8-11-24(20)37-19(4)26(32)30-22(16-18(2)3)27(33)29-14-9-15-31(5)38(34,35)25-13-12-21(28)17-23(25)36/h7-8,10-13,17-18,22H,4,6,9,14-16,36H2,1-3,5H3,(H,29,33)(H,30,32). The number of sulfonamides is 1.